The van der Waals surface area contributed by atoms with E-state index in [-0.39, 0.29) is 11.9 Å². The number of carbonyl (C=O) groups is 1. The summed E-state index contributed by atoms with van der Waals surface area (Å²) in [6.45, 7) is 3.82. The molecule has 5 nitrogen and oxygen atoms in total. The van der Waals surface area contributed by atoms with Gasteiger partial charge in [-0.3, -0.25) is 9.78 Å². The monoisotopic (exact) mass is 319 g/mol. The summed E-state index contributed by atoms with van der Waals surface area (Å²) < 4.78 is 5.11. The van der Waals surface area contributed by atoms with Crippen molar-refractivity contribution in [1.82, 2.24) is 10.3 Å². The molecule has 0 saturated carbocycles. The summed E-state index contributed by atoms with van der Waals surface area (Å²) in [6.07, 6.45) is 3.17. The molecule has 0 spiro atoms. The van der Waals surface area contributed by atoms with Crippen molar-refractivity contribution >= 4 is 28.9 Å². The Labute approximate surface area is 134 Å². The molecule has 0 aliphatic heterocycles. The fourth-order valence-electron chi connectivity index (χ4n) is 1.89. The third-order valence-corrected chi connectivity index (χ3v) is 3.16. The van der Waals surface area contributed by atoms with E-state index >= 15 is 0 Å². The van der Waals surface area contributed by atoms with Gasteiger partial charge in [-0.25, -0.2) is 0 Å². The van der Waals surface area contributed by atoms with Gasteiger partial charge in [-0.05, 0) is 38.1 Å². The molecule has 0 bridgehead atoms. The van der Waals surface area contributed by atoms with Crippen LogP contribution >= 0.6 is 11.6 Å². The lowest BCUT2D eigenvalue weighted by molar-refractivity contribution is 0.0943. The Kier molecular flexibility index (Phi) is 5.22. The third-order valence-electron chi connectivity index (χ3n) is 2.86. The molecule has 2 rings (SSSR count). The van der Waals surface area contributed by atoms with Crippen molar-refractivity contribution in [3.63, 3.8) is 0 Å². The number of ether oxygens (including phenoxy) is 1. The van der Waals surface area contributed by atoms with E-state index in [1.807, 2.05) is 19.9 Å². The highest BCUT2D eigenvalue weighted by Gasteiger charge is 2.09. The highest BCUT2D eigenvalue weighted by Crippen LogP contribution is 2.28. The first kappa shape index (κ1) is 16.1. The minimum Gasteiger partial charge on any atom is -0.495 e. The molecular formula is C16H18ClN3O2. The Balaban J connectivity index is 2.16. The molecule has 22 heavy (non-hydrogen) atoms. The van der Waals surface area contributed by atoms with Crippen LogP contribution in [0.3, 0.4) is 0 Å². The number of amides is 1. The molecule has 0 fully saturated rings. The topological polar surface area (TPSA) is 63.2 Å². The molecule has 1 aromatic heterocycles. The molecule has 2 N–H and O–H groups in total. The number of nitrogens with zero attached hydrogens (tertiary/aromatic N) is 1. The van der Waals surface area contributed by atoms with Crippen molar-refractivity contribution in [3.05, 3.63) is 47.2 Å². The molecule has 0 radical (unpaired) electrons. The molecule has 0 unspecified atom stereocenters. The highest BCUT2D eigenvalue weighted by molar-refractivity contribution is 6.32. The van der Waals surface area contributed by atoms with E-state index in [9.17, 15) is 4.79 Å². The first-order valence-electron chi connectivity index (χ1n) is 6.86. The second kappa shape index (κ2) is 7.13. The van der Waals surface area contributed by atoms with E-state index in [0.717, 1.165) is 5.69 Å². The summed E-state index contributed by atoms with van der Waals surface area (Å²) in [5.74, 6) is 0.453. The highest BCUT2D eigenvalue weighted by atomic mass is 35.5. The predicted octanol–water partition coefficient (Wildman–Crippen LogP) is 3.63. The van der Waals surface area contributed by atoms with Crippen LogP contribution in [0.1, 0.15) is 24.2 Å². The average Bonchev–Trinajstić information content (AvgIpc) is 2.47. The van der Waals surface area contributed by atoms with Gasteiger partial charge in [-0.1, -0.05) is 11.6 Å². The predicted molar refractivity (Wildman–Crippen MR) is 88.1 cm³/mol. The van der Waals surface area contributed by atoms with Crippen molar-refractivity contribution in [2.24, 2.45) is 0 Å². The van der Waals surface area contributed by atoms with Crippen LogP contribution in [0.2, 0.25) is 5.02 Å². The van der Waals surface area contributed by atoms with Crippen LogP contribution in [-0.4, -0.2) is 24.0 Å². The zero-order valence-corrected chi connectivity index (χ0v) is 13.4. The number of anilines is 2. The van der Waals surface area contributed by atoms with Crippen molar-refractivity contribution < 1.29 is 9.53 Å². The first-order valence-corrected chi connectivity index (χ1v) is 7.24. The average molecular weight is 320 g/mol. The molecule has 0 aliphatic carbocycles. The third kappa shape index (κ3) is 4.11. The molecule has 6 heteroatoms. The molecule has 1 heterocycles. The minimum absolute atomic E-state index is 0.0736. The Morgan fingerprint density at radius 1 is 1.23 bits per heavy atom. The van der Waals surface area contributed by atoms with Gasteiger partial charge in [-0.2, -0.15) is 0 Å². The SMILES string of the molecule is COc1ccc(Nc2cncc(C(=O)NC(C)C)c2)cc1Cl. The summed E-state index contributed by atoms with van der Waals surface area (Å²) in [7, 11) is 1.56. The second-order valence-corrected chi connectivity index (χ2v) is 5.47. The molecule has 1 aromatic carbocycles. The van der Waals surface area contributed by atoms with Crippen molar-refractivity contribution in [1.29, 1.82) is 0 Å². The van der Waals surface area contributed by atoms with Gasteiger partial charge in [0.25, 0.3) is 5.91 Å². The molecule has 2 aromatic rings. The Morgan fingerprint density at radius 3 is 2.64 bits per heavy atom. The normalized spacial score (nSPS) is 10.4. The van der Waals surface area contributed by atoms with Gasteiger partial charge < -0.3 is 15.4 Å². The number of hydrogen-bond donors (Lipinski definition) is 2. The van der Waals surface area contributed by atoms with Crippen LogP contribution in [-0.2, 0) is 0 Å². The number of pyridine rings is 1. The van der Waals surface area contributed by atoms with Crippen LogP contribution in [0.15, 0.2) is 36.7 Å². The van der Waals surface area contributed by atoms with E-state index in [4.69, 9.17) is 16.3 Å². The van der Waals surface area contributed by atoms with Gasteiger partial charge in [0.15, 0.2) is 0 Å². The van der Waals surface area contributed by atoms with E-state index in [0.29, 0.717) is 22.0 Å². The number of halogens is 1. The Bertz CT molecular complexity index is 674. The zero-order chi connectivity index (χ0) is 16.1. The van der Waals surface area contributed by atoms with E-state index in [1.165, 1.54) is 6.20 Å². The van der Waals surface area contributed by atoms with E-state index in [1.54, 1.807) is 31.5 Å². The Morgan fingerprint density at radius 2 is 2.00 bits per heavy atom. The van der Waals surface area contributed by atoms with Gasteiger partial charge in [0.05, 0.1) is 29.6 Å². The summed E-state index contributed by atoms with van der Waals surface area (Å²) >= 11 is 6.09. The lowest BCUT2D eigenvalue weighted by Gasteiger charge is -2.11. The molecular weight excluding hydrogens is 302 g/mol. The van der Waals surface area contributed by atoms with Crippen LogP contribution in [0, 0.1) is 0 Å². The maximum atomic E-state index is 12.0. The molecule has 0 atom stereocenters. The fraction of sp³-hybridized carbons (Fsp3) is 0.250. The standard InChI is InChI=1S/C16H18ClN3O2/c1-10(2)19-16(21)11-6-13(9-18-8-11)20-12-4-5-15(22-3)14(17)7-12/h4-10,20H,1-3H3,(H,19,21). The van der Waals surface area contributed by atoms with Gasteiger partial charge in [-0.15, -0.1) is 0 Å². The van der Waals surface area contributed by atoms with Gasteiger partial charge in [0.1, 0.15) is 5.75 Å². The van der Waals surface area contributed by atoms with Crippen LogP contribution in [0.25, 0.3) is 0 Å². The van der Waals surface area contributed by atoms with Crippen LogP contribution in [0.4, 0.5) is 11.4 Å². The van der Waals surface area contributed by atoms with Gasteiger partial charge in [0, 0.05) is 17.9 Å². The van der Waals surface area contributed by atoms with Crippen LogP contribution in [0.5, 0.6) is 5.75 Å². The molecule has 0 aliphatic rings. The van der Waals surface area contributed by atoms with Gasteiger partial charge in [0.2, 0.25) is 0 Å². The number of nitrogens with one attached hydrogen (secondary N) is 2. The number of aromatic nitrogens is 1. The van der Waals surface area contributed by atoms with Crippen LogP contribution < -0.4 is 15.4 Å². The number of methoxy groups -OCH3 is 1. The number of benzene rings is 1. The number of rotatable bonds is 5. The lowest BCUT2D eigenvalue weighted by Crippen LogP contribution is -2.30. The first-order chi connectivity index (χ1) is 10.5. The largest absolute Gasteiger partial charge is 0.495 e. The lowest BCUT2D eigenvalue weighted by atomic mass is 10.2. The zero-order valence-electron chi connectivity index (χ0n) is 12.7. The smallest absolute Gasteiger partial charge is 0.253 e. The minimum atomic E-state index is -0.154. The maximum absolute atomic E-state index is 12.0. The molecule has 116 valence electrons. The summed E-state index contributed by atoms with van der Waals surface area (Å²) in [5.41, 5.74) is 1.99. The van der Waals surface area contributed by atoms with Crippen molar-refractivity contribution in [3.8, 4) is 5.75 Å². The van der Waals surface area contributed by atoms with Gasteiger partial charge >= 0.3 is 0 Å². The summed E-state index contributed by atoms with van der Waals surface area (Å²) in [5, 5.41) is 6.50. The van der Waals surface area contributed by atoms with E-state index in [2.05, 4.69) is 15.6 Å². The molecule has 1 amide bonds. The molecule has 0 saturated heterocycles. The second-order valence-electron chi connectivity index (χ2n) is 5.06. The van der Waals surface area contributed by atoms with Crippen molar-refractivity contribution in [2.75, 3.05) is 12.4 Å². The Hall–Kier alpha value is -2.27. The number of hydrogen-bond acceptors (Lipinski definition) is 4. The quantitative estimate of drug-likeness (QED) is 0.883. The number of carbonyl (C=O) groups excluding carboxylic acids is 1. The fourth-order valence-corrected chi connectivity index (χ4v) is 2.15. The summed E-state index contributed by atoms with van der Waals surface area (Å²) in [4.78, 5) is 16.1. The maximum Gasteiger partial charge on any atom is 0.253 e. The van der Waals surface area contributed by atoms with E-state index < -0.39 is 0 Å². The van der Waals surface area contributed by atoms with Crippen molar-refractivity contribution in [2.45, 2.75) is 19.9 Å². The summed E-state index contributed by atoms with van der Waals surface area (Å²) in [6, 6.07) is 7.17.